The molecule has 3 aromatic rings. The largest absolute Gasteiger partial charge is 0.508 e. The molecule has 34 heavy (non-hydrogen) atoms. The lowest BCUT2D eigenvalue weighted by molar-refractivity contribution is 0.0595. The molecule has 3 N–H and O–H groups in total. The van der Waals surface area contributed by atoms with Crippen molar-refractivity contribution in [2.45, 2.75) is 0 Å². The fourth-order valence-corrected chi connectivity index (χ4v) is 2.82. The highest BCUT2D eigenvalue weighted by atomic mass is 16.7. The Hall–Kier alpha value is -4.80. The van der Waals surface area contributed by atoms with Crippen LogP contribution < -0.4 is 19.7 Å². The predicted octanol–water partition coefficient (Wildman–Crippen LogP) is 4.23. The number of methoxy groups -OCH3 is 3. The van der Waals surface area contributed by atoms with E-state index in [1.165, 1.54) is 57.7 Å². The van der Waals surface area contributed by atoms with Crippen LogP contribution in [0.2, 0.25) is 0 Å². The Morgan fingerprint density at radius 3 is 2.06 bits per heavy atom. The Bertz CT molecular complexity index is 1200. The topological polar surface area (TPSA) is 148 Å². The van der Waals surface area contributed by atoms with E-state index < -0.39 is 17.6 Å². The standard InChI is InChI=1S/C23H21N3O8/c1-31-19-10-13(11-20(32-2)21(19)33-3)23(30)34-26-15-6-4-14(5-7-15)24-25-22(29)17-9-8-16(27)12-18(17)28/h4-12,26-28H,1-3H3. The minimum atomic E-state index is -0.779. The van der Waals surface area contributed by atoms with Gasteiger partial charge in [0.1, 0.15) is 11.5 Å². The van der Waals surface area contributed by atoms with Crippen molar-refractivity contribution in [1.82, 2.24) is 0 Å². The van der Waals surface area contributed by atoms with Crippen LogP contribution in [0.15, 0.2) is 64.8 Å². The maximum Gasteiger partial charge on any atom is 0.363 e. The van der Waals surface area contributed by atoms with Crippen molar-refractivity contribution in [2.75, 3.05) is 26.8 Å². The van der Waals surface area contributed by atoms with Gasteiger partial charge < -0.3 is 29.3 Å². The number of carbonyl (C=O) groups excluding carboxylic acids is 2. The van der Waals surface area contributed by atoms with E-state index in [0.29, 0.717) is 28.6 Å². The molecule has 3 rings (SSSR count). The number of carbonyl (C=O) groups is 2. The second-order valence-corrected chi connectivity index (χ2v) is 6.66. The first-order chi connectivity index (χ1) is 16.4. The minimum Gasteiger partial charge on any atom is -0.508 e. The van der Waals surface area contributed by atoms with Gasteiger partial charge in [-0.2, -0.15) is 0 Å². The lowest BCUT2D eigenvalue weighted by atomic mass is 10.2. The number of ether oxygens (including phenoxy) is 3. The Kier molecular flexibility index (Phi) is 7.49. The first-order valence-corrected chi connectivity index (χ1v) is 9.71. The average Bonchev–Trinajstić information content (AvgIpc) is 2.85. The Balaban J connectivity index is 1.63. The summed E-state index contributed by atoms with van der Waals surface area (Å²) in [5, 5.41) is 26.4. The molecule has 11 nitrogen and oxygen atoms in total. The van der Waals surface area contributed by atoms with Crippen LogP contribution in [0.1, 0.15) is 20.7 Å². The van der Waals surface area contributed by atoms with E-state index in [-0.39, 0.29) is 16.9 Å². The summed E-state index contributed by atoms with van der Waals surface area (Å²) in [6.07, 6.45) is 0. The van der Waals surface area contributed by atoms with Crippen molar-refractivity contribution in [1.29, 1.82) is 0 Å². The molecule has 11 heteroatoms. The van der Waals surface area contributed by atoms with Crippen LogP contribution in [0.3, 0.4) is 0 Å². The molecule has 0 aliphatic rings. The summed E-state index contributed by atoms with van der Waals surface area (Å²) in [5.74, 6) is -1.10. The number of benzene rings is 3. The smallest absolute Gasteiger partial charge is 0.363 e. The number of anilines is 1. The van der Waals surface area contributed by atoms with Crippen molar-refractivity contribution in [3.8, 4) is 28.7 Å². The fourth-order valence-electron chi connectivity index (χ4n) is 2.82. The quantitative estimate of drug-likeness (QED) is 0.327. The molecule has 0 saturated heterocycles. The number of amides is 1. The molecule has 0 saturated carbocycles. The third kappa shape index (κ3) is 5.51. The molecule has 0 fully saturated rings. The van der Waals surface area contributed by atoms with Gasteiger partial charge >= 0.3 is 5.97 Å². The zero-order valence-electron chi connectivity index (χ0n) is 18.4. The molecule has 0 unspecified atom stereocenters. The van der Waals surface area contributed by atoms with Crippen molar-refractivity contribution in [2.24, 2.45) is 10.2 Å². The van der Waals surface area contributed by atoms with Gasteiger partial charge in [0, 0.05) is 6.07 Å². The van der Waals surface area contributed by atoms with Crippen LogP contribution in [-0.4, -0.2) is 43.4 Å². The van der Waals surface area contributed by atoms with E-state index in [1.807, 2.05) is 0 Å². The summed E-state index contributed by atoms with van der Waals surface area (Å²) >= 11 is 0. The van der Waals surface area contributed by atoms with Crippen molar-refractivity contribution >= 4 is 23.3 Å². The summed E-state index contributed by atoms with van der Waals surface area (Å²) < 4.78 is 15.7. The maximum absolute atomic E-state index is 12.4. The predicted molar refractivity (Wildman–Crippen MR) is 120 cm³/mol. The molecule has 0 aliphatic carbocycles. The van der Waals surface area contributed by atoms with Gasteiger partial charge in [0.05, 0.1) is 43.8 Å². The number of hydrogen-bond acceptors (Lipinski definition) is 10. The summed E-state index contributed by atoms with van der Waals surface area (Å²) in [6.45, 7) is 0. The first-order valence-electron chi connectivity index (χ1n) is 9.71. The van der Waals surface area contributed by atoms with Crippen LogP contribution >= 0.6 is 0 Å². The molecule has 0 aliphatic heterocycles. The molecule has 0 heterocycles. The highest BCUT2D eigenvalue weighted by Crippen LogP contribution is 2.38. The van der Waals surface area contributed by atoms with Gasteiger partial charge in [-0.25, -0.2) is 10.3 Å². The van der Waals surface area contributed by atoms with Crippen molar-refractivity contribution in [3.63, 3.8) is 0 Å². The van der Waals surface area contributed by atoms with Crippen LogP contribution in [0, 0.1) is 0 Å². The molecular weight excluding hydrogens is 446 g/mol. The lowest BCUT2D eigenvalue weighted by Gasteiger charge is -2.14. The maximum atomic E-state index is 12.4. The average molecular weight is 467 g/mol. The molecule has 176 valence electrons. The molecule has 0 spiro atoms. The Morgan fingerprint density at radius 2 is 1.50 bits per heavy atom. The first kappa shape index (κ1) is 23.9. The highest BCUT2D eigenvalue weighted by molar-refractivity contribution is 5.97. The van der Waals surface area contributed by atoms with Crippen molar-refractivity contribution < 1.29 is 38.9 Å². The van der Waals surface area contributed by atoms with Crippen molar-refractivity contribution in [3.05, 3.63) is 65.7 Å². The molecule has 0 aromatic heterocycles. The van der Waals surface area contributed by atoms with Crippen LogP contribution in [0.5, 0.6) is 28.7 Å². The van der Waals surface area contributed by atoms with Gasteiger partial charge in [-0.15, -0.1) is 10.2 Å². The number of aromatic hydroxyl groups is 2. The molecule has 0 radical (unpaired) electrons. The number of nitrogens with one attached hydrogen (secondary N) is 1. The zero-order valence-corrected chi connectivity index (χ0v) is 18.4. The van der Waals surface area contributed by atoms with Gasteiger partial charge in [-0.1, -0.05) is 0 Å². The van der Waals surface area contributed by atoms with Gasteiger partial charge in [0.25, 0.3) is 5.91 Å². The number of phenolic OH excluding ortho intramolecular Hbond substituents is 2. The van der Waals surface area contributed by atoms with Gasteiger partial charge in [-0.05, 0) is 48.5 Å². The van der Waals surface area contributed by atoms with E-state index in [4.69, 9.17) is 19.0 Å². The fraction of sp³-hybridized carbons (Fsp3) is 0.130. The monoisotopic (exact) mass is 467 g/mol. The SMILES string of the molecule is COc1cc(C(=O)ONc2ccc(N=NC(=O)c3ccc(O)cc3O)cc2)cc(OC)c1OC. The van der Waals surface area contributed by atoms with Crippen LogP contribution in [0.25, 0.3) is 0 Å². The van der Waals surface area contributed by atoms with Gasteiger partial charge in [0.2, 0.25) is 5.75 Å². The van der Waals surface area contributed by atoms with E-state index in [9.17, 15) is 19.8 Å². The number of phenols is 2. The third-order valence-corrected chi connectivity index (χ3v) is 4.50. The zero-order chi connectivity index (χ0) is 24.7. The number of azo groups is 1. The minimum absolute atomic E-state index is 0.0986. The van der Waals surface area contributed by atoms with E-state index >= 15 is 0 Å². The number of rotatable bonds is 8. The van der Waals surface area contributed by atoms with E-state index in [1.54, 1.807) is 12.1 Å². The molecule has 0 bridgehead atoms. The van der Waals surface area contributed by atoms with Crippen LogP contribution in [-0.2, 0) is 4.84 Å². The molecule has 1 amide bonds. The molecular formula is C23H21N3O8. The summed E-state index contributed by atoms with van der Waals surface area (Å²) in [7, 11) is 4.32. The second kappa shape index (κ2) is 10.7. The third-order valence-electron chi connectivity index (χ3n) is 4.50. The van der Waals surface area contributed by atoms with Crippen LogP contribution in [0.4, 0.5) is 11.4 Å². The Morgan fingerprint density at radius 1 is 0.853 bits per heavy atom. The Labute approximate surface area is 194 Å². The summed E-state index contributed by atoms with van der Waals surface area (Å²) in [5.41, 5.74) is 3.36. The number of hydrogen-bond donors (Lipinski definition) is 3. The van der Waals surface area contributed by atoms with Gasteiger partial charge in [0.15, 0.2) is 11.5 Å². The normalized spacial score (nSPS) is 10.6. The van der Waals surface area contributed by atoms with E-state index in [0.717, 1.165) is 6.07 Å². The lowest BCUT2D eigenvalue weighted by Crippen LogP contribution is -2.11. The summed E-state index contributed by atoms with van der Waals surface area (Å²) in [6, 6.07) is 12.6. The van der Waals surface area contributed by atoms with Gasteiger partial charge in [-0.3, -0.25) is 4.79 Å². The van der Waals surface area contributed by atoms with E-state index in [2.05, 4.69) is 15.7 Å². The number of nitrogens with zero attached hydrogens (tertiary/aromatic N) is 2. The summed E-state index contributed by atoms with van der Waals surface area (Å²) in [4.78, 5) is 29.6. The highest BCUT2D eigenvalue weighted by Gasteiger charge is 2.18. The second-order valence-electron chi connectivity index (χ2n) is 6.66. The molecule has 3 aromatic carbocycles. The molecule has 0 atom stereocenters.